The van der Waals surface area contributed by atoms with Crippen LogP contribution in [0.4, 0.5) is 0 Å². The van der Waals surface area contributed by atoms with Gasteiger partial charge in [-0.25, -0.2) is 8.42 Å². The Kier molecular flexibility index (Phi) is 6.05. The van der Waals surface area contributed by atoms with Crippen molar-refractivity contribution in [3.05, 3.63) is 28.8 Å². The molecule has 2 heterocycles. The lowest BCUT2D eigenvalue weighted by Crippen LogP contribution is -2.55. The van der Waals surface area contributed by atoms with Gasteiger partial charge in [0.1, 0.15) is 0 Å². The molecule has 10 heteroatoms. The molecule has 2 saturated heterocycles. The van der Waals surface area contributed by atoms with E-state index in [1.165, 1.54) is 26.2 Å². The minimum absolute atomic E-state index is 0.127. The molecular formula is C17H22ClN3O5S. The van der Waals surface area contributed by atoms with Gasteiger partial charge in [-0.1, -0.05) is 17.7 Å². The fraction of sp³-hybridized carbons (Fsp3) is 0.529. The van der Waals surface area contributed by atoms with Crippen LogP contribution in [0.1, 0.15) is 5.56 Å². The zero-order valence-corrected chi connectivity index (χ0v) is 16.6. The summed E-state index contributed by atoms with van der Waals surface area (Å²) in [7, 11) is -3.69. The number of piperazine rings is 1. The molecule has 2 aliphatic heterocycles. The molecule has 2 fully saturated rings. The molecule has 8 nitrogen and oxygen atoms in total. The number of rotatable bonds is 2. The van der Waals surface area contributed by atoms with Gasteiger partial charge in [0.15, 0.2) is 0 Å². The maximum Gasteiger partial charge on any atom is 0.312 e. The highest BCUT2D eigenvalue weighted by atomic mass is 35.5. The Bertz CT molecular complexity index is 831. The molecule has 148 valence electrons. The predicted octanol–water partition coefficient (Wildman–Crippen LogP) is 0.340. The van der Waals surface area contributed by atoms with Gasteiger partial charge in [0.2, 0.25) is 10.0 Å². The van der Waals surface area contributed by atoms with Gasteiger partial charge >= 0.3 is 11.8 Å². The zero-order valence-electron chi connectivity index (χ0n) is 15.1. The van der Waals surface area contributed by atoms with E-state index in [9.17, 15) is 18.0 Å². The van der Waals surface area contributed by atoms with Crippen molar-refractivity contribution in [3.63, 3.8) is 0 Å². The number of aryl methyl sites for hydroxylation is 1. The molecule has 0 spiro atoms. The lowest BCUT2D eigenvalue weighted by Gasteiger charge is -2.35. The summed E-state index contributed by atoms with van der Waals surface area (Å²) in [5, 5.41) is 0.390. The van der Waals surface area contributed by atoms with Crippen LogP contribution in [0.2, 0.25) is 5.02 Å². The Morgan fingerprint density at radius 2 is 1.52 bits per heavy atom. The third kappa shape index (κ3) is 4.26. The second-order valence-corrected chi connectivity index (χ2v) is 8.86. The lowest BCUT2D eigenvalue weighted by molar-refractivity contribution is -0.154. The molecule has 1 aromatic carbocycles. The largest absolute Gasteiger partial charge is 0.378 e. The third-order valence-corrected chi connectivity index (χ3v) is 7.09. The fourth-order valence-electron chi connectivity index (χ4n) is 3.05. The van der Waals surface area contributed by atoms with Crippen LogP contribution in [0.5, 0.6) is 0 Å². The summed E-state index contributed by atoms with van der Waals surface area (Å²) in [5.74, 6) is -1.15. The van der Waals surface area contributed by atoms with Gasteiger partial charge in [-0.3, -0.25) is 9.59 Å². The average Bonchev–Trinajstić information content (AvgIpc) is 2.69. The fourth-order valence-corrected chi connectivity index (χ4v) is 4.75. The van der Waals surface area contributed by atoms with Gasteiger partial charge < -0.3 is 14.5 Å². The van der Waals surface area contributed by atoms with Crippen molar-refractivity contribution in [1.29, 1.82) is 0 Å². The molecule has 0 N–H and O–H groups in total. The minimum atomic E-state index is -3.69. The Morgan fingerprint density at radius 1 is 0.963 bits per heavy atom. The molecular weight excluding hydrogens is 394 g/mol. The Balaban J connectivity index is 1.63. The molecule has 0 aromatic heterocycles. The van der Waals surface area contributed by atoms with Crippen LogP contribution in [-0.2, 0) is 24.3 Å². The summed E-state index contributed by atoms with van der Waals surface area (Å²) < 4.78 is 32.1. The first-order chi connectivity index (χ1) is 12.8. The molecule has 3 rings (SSSR count). The number of carbonyl (C=O) groups is 2. The van der Waals surface area contributed by atoms with E-state index in [0.29, 0.717) is 31.3 Å². The van der Waals surface area contributed by atoms with E-state index in [1.807, 2.05) is 0 Å². The van der Waals surface area contributed by atoms with Crippen molar-refractivity contribution in [3.8, 4) is 0 Å². The van der Waals surface area contributed by atoms with Gasteiger partial charge in [0, 0.05) is 44.3 Å². The molecule has 2 aliphatic rings. The smallest absolute Gasteiger partial charge is 0.312 e. The van der Waals surface area contributed by atoms with Crippen molar-refractivity contribution in [2.45, 2.75) is 11.8 Å². The maximum atomic E-state index is 12.8. The normalized spacial score (nSPS) is 19.2. The third-order valence-electron chi connectivity index (χ3n) is 4.79. The second kappa shape index (κ2) is 8.14. The van der Waals surface area contributed by atoms with Gasteiger partial charge in [-0.05, 0) is 24.6 Å². The molecule has 0 saturated carbocycles. The number of morpholine rings is 1. The number of hydrogen-bond acceptors (Lipinski definition) is 5. The van der Waals surface area contributed by atoms with E-state index in [4.69, 9.17) is 16.3 Å². The summed E-state index contributed by atoms with van der Waals surface area (Å²) in [6.45, 7) is 4.05. The SMILES string of the molecule is Cc1ccc(S(=O)(=O)N2CCN(C(=O)C(=O)N3CCOCC3)CC2)cc1Cl. The number of nitrogens with zero attached hydrogens (tertiary/aromatic N) is 3. The maximum absolute atomic E-state index is 12.8. The number of sulfonamides is 1. The first-order valence-electron chi connectivity index (χ1n) is 8.73. The highest BCUT2D eigenvalue weighted by molar-refractivity contribution is 7.89. The molecule has 2 amide bonds. The van der Waals surface area contributed by atoms with E-state index < -0.39 is 21.8 Å². The summed E-state index contributed by atoms with van der Waals surface area (Å²) in [6, 6.07) is 4.62. The molecule has 0 aliphatic carbocycles. The van der Waals surface area contributed by atoms with Crippen LogP contribution in [0.25, 0.3) is 0 Å². The standard InChI is InChI=1S/C17H22ClN3O5S/c1-13-2-3-14(12-15(13)18)27(24,25)21-6-4-19(5-7-21)16(22)17(23)20-8-10-26-11-9-20/h2-3,12H,4-11H2,1H3. The minimum Gasteiger partial charge on any atom is -0.378 e. The van der Waals surface area contributed by atoms with E-state index in [2.05, 4.69) is 0 Å². The number of amides is 2. The van der Waals surface area contributed by atoms with E-state index in [0.717, 1.165) is 5.56 Å². The Labute approximate surface area is 163 Å². The second-order valence-electron chi connectivity index (χ2n) is 6.51. The summed E-state index contributed by atoms with van der Waals surface area (Å²) in [5.41, 5.74) is 0.799. The number of ether oxygens (including phenoxy) is 1. The first-order valence-corrected chi connectivity index (χ1v) is 10.5. The number of benzene rings is 1. The van der Waals surface area contributed by atoms with Crippen molar-refractivity contribution >= 4 is 33.4 Å². The highest BCUT2D eigenvalue weighted by Gasteiger charge is 2.34. The van der Waals surface area contributed by atoms with Crippen molar-refractivity contribution < 1.29 is 22.7 Å². The van der Waals surface area contributed by atoms with Crippen molar-refractivity contribution in [1.82, 2.24) is 14.1 Å². The molecule has 0 radical (unpaired) electrons. The molecule has 0 atom stereocenters. The van der Waals surface area contributed by atoms with Crippen LogP contribution in [0.15, 0.2) is 23.1 Å². The molecule has 1 aromatic rings. The molecule has 27 heavy (non-hydrogen) atoms. The summed E-state index contributed by atoms with van der Waals surface area (Å²) in [4.78, 5) is 27.7. The van der Waals surface area contributed by atoms with Gasteiger partial charge in [-0.15, -0.1) is 0 Å². The number of hydrogen-bond donors (Lipinski definition) is 0. The predicted molar refractivity (Wildman–Crippen MR) is 98.9 cm³/mol. The quantitative estimate of drug-likeness (QED) is 0.650. The first kappa shape index (κ1) is 20.1. The van der Waals surface area contributed by atoms with Crippen LogP contribution in [0, 0.1) is 6.92 Å². The topological polar surface area (TPSA) is 87.2 Å². The molecule has 0 unspecified atom stereocenters. The Morgan fingerprint density at radius 3 is 2.07 bits per heavy atom. The highest BCUT2D eigenvalue weighted by Crippen LogP contribution is 2.23. The van der Waals surface area contributed by atoms with Crippen LogP contribution < -0.4 is 0 Å². The summed E-state index contributed by atoms with van der Waals surface area (Å²) in [6.07, 6.45) is 0. The van der Waals surface area contributed by atoms with Gasteiger partial charge in [0.05, 0.1) is 18.1 Å². The van der Waals surface area contributed by atoms with Crippen molar-refractivity contribution in [2.24, 2.45) is 0 Å². The molecule has 0 bridgehead atoms. The number of halogens is 1. The van der Waals surface area contributed by atoms with Crippen molar-refractivity contribution in [2.75, 3.05) is 52.5 Å². The van der Waals surface area contributed by atoms with E-state index in [1.54, 1.807) is 13.0 Å². The number of carbonyl (C=O) groups excluding carboxylic acids is 2. The van der Waals surface area contributed by atoms with Crippen LogP contribution in [0.3, 0.4) is 0 Å². The zero-order chi connectivity index (χ0) is 19.6. The van der Waals surface area contributed by atoms with E-state index in [-0.39, 0.29) is 31.1 Å². The van der Waals surface area contributed by atoms with E-state index >= 15 is 0 Å². The van der Waals surface area contributed by atoms with Gasteiger partial charge in [0.25, 0.3) is 0 Å². The summed E-state index contributed by atoms with van der Waals surface area (Å²) >= 11 is 6.05. The Hall–Kier alpha value is -1.68. The lowest BCUT2D eigenvalue weighted by atomic mass is 10.2. The van der Waals surface area contributed by atoms with Gasteiger partial charge in [-0.2, -0.15) is 4.31 Å². The van der Waals surface area contributed by atoms with Crippen LogP contribution >= 0.6 is 11.6 Å². The van der Waals surface area contributed by atoms with Crippen LogP contribution in [-0.4, -0.2) is 86.8 Å². The average molecular weight is 416 g/mol. The monoisotopic (exact) mass is 415 g/mol.